The monoisotopic (exact) mass is 286 g/mol. The molecule has 1 atom stereocenters. The first-order valence-electron chi connectivity index (χ1n) is 6.17. The number of hydrogen-bond acceptors (Lipinski definition) is 4. The SMILES string of the molecule is O=c1[nH]c(=O)c2[nH]c(C3Cc4ccccc4S3)nc2[nH]1. The number of benzene rings is 1. The maximum atomic E-state index is 11.7. The van der Waals surface area contributed by atoms with Crippen molar-refractivity contribution in [2.24, 2.45) is 0 Å². The van der Waals surface area contributed by atoms with Crippen LogP contribution in [0.25, 0.3) is 11.2 Å². The molecule has 1 aliphatic rings. The Morgan fingerprint density at radius 1 is 1.15 bits per heavy atom. The van der Waals surface area contributed by atoms with E-state index < -0.39 is 11.2 Å². The number of hydrogen-bond donors (Lipinski definition) is 3. The molecule has 0 aliphatic carbocycles. The van der Waals surface area contributed by atoms with Gasteiger partial charge in [-0.2, -0.15) is 0 Å². The quantitative estimate of drug-likeness (QED) is 0.629. The average Bonchev–Trinajstić information content (AvgIpc) is 3.01. The van der Waals surface area contributed by atoms with Gasteiger partial charge in [0.2, 0.25) is 0 Å². The molecule has 0 bridgehead atoms. The summed E-state index contributed by atoms with van der Waals surface area (Å²) in [6.45, 7) is 0. The molecule has 6 nitrogen and oxygen atoms in total. The number of nitrogens with one attached hydrogen (secondary N) is 3. The third kappa shape index (κ3) is 1.70. The van der Waals surface area contributed by atoms with E-state index in [9.17, 15) is 9.59 Å². The third-order valence-electron chi connectivity index (χ3n) is 3.36. The van der Waals surface area contributed by atoms with Gasteiger partial charge in [-0.15, -0.1) is 11.8 Å². The van der Waals surface area contributed by atoms with Crippen molar-refractivity contribution in [3.05, 3.63) is 56.5 Å². The minimum Gasteiger partial charge on any atom is -0.335 e. The van der Waals surface area contributed by atoms with Gasteiger partial charge < -0.3 is 4.98 Å². The number of nitrogens with zero attached hydrogens (tertiary/aromatic N) is 1. The molecule has 7 heteroatoms. The molecular weight excluding hydrogens is 276 g/mol. The van der Waals surface area contributed by atoms with Gasteiger partial charge in [-0.3, -0.25) is 14.8 Å². The number of thioether (sulfide) groups is 1. The smallest absolute Gasteiger partial charge is 0.327 e. The maximum absolute atomic E-state index is 11.7. The standard InChI is InChI=1S/C13H10N4O2S/c18-12-9-11(16-13(19)17-12)15-10(14-9)8-5-6-3-1-2-4-7(6)20-8/h1-4,8H,5H2,(H3,14,15,16,17,18,19). The van der Waals surface area contributed by atoms with E-state index in [0.717, 1.165) is 6.42 Å². The Morgan fingerprint density at radius 2 is 2.00 bits per heavy atom. The molecule has 0 saturated carbocycles. The van der Waals surface area contributed by atoms with Crippen LogP contribution in [0.4, 0.5) is 0 Å². The number of aromatic amines is 3. The van der Waals surface area contributed by atoms with Gasteiger partial charge in [0.1, 0.15) is 11.3 Å². The normalized spacial score (nSPS) is 17.5. The lowest BCUT2D eigenvalue weighted by atomic mass is 10.1. The van der Waals surface area contributed by atoms with E-state index in [1.807, 2.05) is 12.1 Å². The topological polar surface area (TPSA) is 94.4 Å². The molecule has 1 aliphatic heterocycles. The highest BCUT2D eigenvalue weighted by atomic mass is 32.2. The summed E-state index contributed by atoms with van der Waals surface area (Å²) >= 11 is 1.72. The third-order valence-corrected chi connectivity index (χ3v) is 4.69. The first-order chi connectivity index (χ1) is 9.70. The first-order valence-corrected chi connectivity index (χ1v) is 7.05. The van der Waals surface area contributed by atoms with Crippen LogP contribution in [0, 0.1) is 0 Å². The van der Waals surface area contributed by atoms with E-state index >= 15 is 0 Å². The Kier molecular flexibility index (Phi) is 2.37. The van der Waals surface area contributed by atoms with Crippen LogP contribution < -0.4 is 11.2 Å². The van der Waals surface area contributed by atoms with E-state index in [0.29, 0.717) is 17.0 Å². The Bertz CT molecular complexity index is 899. The lowest BCUT2D eigenvalue weighted by molar-refractivity contribution is 0.879. The van der Waals surface area contributed by atoms with Gasteiger partial charge in [0.15, 0.2) is 5.65 Å². The van der Waals surface area contributed by atoms with Crippen molar-refractivity contribution in [3.8, 4) is 0 Å². The molecule has 20 heavy (non-hydrogen) atoms. The molecule has 0 radical (unpaired) electrons. The first kappa shape index (κ1) is 11.5. The minimum absolute atomic E-state index is 0.141. The van der Waals surface area contributed by atoms with Gasteiger partial charge in [-0.1, -0.05) is 18.2 Å². The second kappa shape index (κ2) is 4.11. The summed E-state index contributed by atoms with van der Waals surface area (Å²) in [5, 5.41) is 0.141. The maximum Gasteiger partial charge on any atom is 0.327 e. The summed E-state index contributed by atoms with van der Waals surface area (Å²) in [6.07, 6.45) is 0.864. The van der Waals surface area contributed by atoms with Crippen molar-refractivity contribution in [2.75, 3.05) is 0 Å². The predicted molar refractivity (Wildman–Crippen MR) is 76.1 cm³/mol. The molecule has 0 fully saturated rings. The lowest BCUT2D eigenvalue weighted by Crippen LogP contribution is -2.21. The predicted octanol–water partition coefficient (Wildman–Crippen LogP) is 1.33. The van der Waals surface area contributed by atoms with E-state index in [4.69, 9.17) is 0 Å². The molecule has 0 spiro atoms. The molecular formula is C13H10N4O2S. The zero-order valence-electron chi connectivity index (χ0n) is 10.3. The average molecular weight is 286 g/mol. The van der Waals surface area contributed by atoms with Gasteiger partial charge >= 0.3 is 5.69 Å². The zero-order valence-corrected chi connectivity index (χ0v) is 11.1. The minimum atomic E-state index is -0.539. The van der Waals surface area contributed by atoms with Gasteiger partial charge in [-0.05, 0) is 18.1 Å². The summed E-state index contributed by atoms with van der Waals surface area (Å²) in [5.74, 6) is 0.716. The molecule has 1 aromatic carbocycles. The second-order valence-electron chi connectivity index (χ2n) is 4.67. The number of aromatic nitrogens is 4. The fourth-order valence-corrected chi connectivity index (χ4v) is 3.69. The summed E-state index contributed by atoms with van der Waals surface area (Å²) < 4.78 is 0. The van der Waals surface area contributed by atoms with Crippen LogP contribution in [-0.2, 0) is 6.42 Å². The Hall–Kier alpha value is -2.28. The number of fused-ring (bicyclic) bond motifs is 2. The van der Waals surface area contributed by atoms with E-state index in [-0.39, 0.29) is 5.25 Å². The molecule has 3 heterocycles. The van der Waals surface area contributed by atoms with Crippen molar-refractivity contribution in [1.29, 1.82) is 0 Å². The second-order valence-corrected chi connectivity index (χ2v) is 5.92. The number of imidazole rings is 1. The van der Waals surface area contributed by atoms with Gasteiger partial charge in [0, 0.05) is 4.90 Å². The van der Waals surface area contributed by atoms with Crippen molar-refractivity contribution < 1.29 is 0 Å². The highest BCUT2D eigenvalue weighted by molar-refractivity contribution is 7.99. The fraction of sp³-hybridized carbons (Fsp3) is 0.154. The van der Waals surface area contributed by atoms with Crippen LogP contribution in [0.3, 0.4) is 0 Å². The fourth-order valence-electron chi connectivity index (χ4n) is 2.44. The van der Waals surface area contributed by atoms with Crippen LogP contribution in [0.5, 0.6) is 0 Å². The molecule has 1 unspecified atom stereocenters. The van der Waals surface area contributed by atoms with Crippen LogP contribution in [-0.4, -0.2) is 19.9 Å². The highest BCUT2D eigenvalue weighted by Gasteiger charge is 2.26. The van der Waals surface area contributed by atoms with Crippen LogP contribution in [0.1, 0.15) is 16.6 Å². The van der Waals surface area contributed by atoms with Gasteiger partial charge in [0.25, 0.3) is 5.56 Å². The Labute approximate surface area is 116 Å². The van der Waals surface area contributed by atoms with Crippen LogP contribution in [0.15, 0.2) is 38.8 Å². The summed E-state index contributed by atoms with van der Waals surface area (Å²) in [7, 11) is 0. The summed E-state index contributed by atoms with van der Waals surface area (Å²) in [6, 6.07) is 8.20. The van der Waals surface area contributed by atoms with Crippen LogP contribution >= 0.6 is 11.8 Å². The van der Waals surface area contributed by atoms with Crippen molar-refractivity contribution in [2.45, 2.75) is 16.6 Å². The van der Waals surface area contributed by atoms with Crippen molar-refractivity contribution in [3.63, 3.8) is 0 Å². The number of rotatable bonds is 1. The van der Waals surface area contributed by atoms with Gasteiger partial charge in [0.05, 0.1) is 5.25 Å². The molecule has 100 valence electrons. The molecule has 3 aromatic rings. The Morgan fingerprint density at radius 3 is 2.85 bits per heavy atom. The van der Waals surface area contributed by atoms with Crippen LogP contribution in [0.2, 0.25) is 0 Å². The molecule has 0 amide bonds. The number of H-pyrrole nitrogens is 3. The molecule has 3 N–H and O–H groups in total. The molecule has 2 aromatic heterocycles. The van der Waals surface area contributed by atoms with Crippen molar-refractivity contribution in [1.82, 2.24) is 19.9 Å². The van der Waals surface area contributed by atoms with Crippen molar-refractivity contribution >= 4 is 22.9 Å². The van der Waals surface area contributed by atoms with E-state index in [2.05, 4.69) is 32.1 Å². The summed E-state index contributed by atoms with van der Waals surface area (Å²) in [5.41, 5.74) is 0.928. The zero-order chi connectivity index (χ0) is 13.7. The molecule has 4 rings (SSSR count). The summed E-state index contributed by atoms with van der Waals surface area (Å²) in [4.78, 5) is 36.3. The Balaban J connectivity index is 1.80. The van der Waals surface area contributed by atoms with E-state index in [1.165, 1.54) is 10.5 Å². The van der Waals surface area contributed by atoms with E-state index in [1.54, 1.807) is 11.8 Å². The lowest BCUT2D eigenvalue weighted by Gasteiger charge is -2.02. The molecule has 0 saturated heterocycles. The highest BCUT2D eigenvalue weighted by Crippen LogP contribution is 2.45. The van der Waals surface area contributed by atoms with Gasteiger partial charge in [-0.25, -0.2) is 9.78 Å². The largest absolute Gasteiger partial charge is 0.335 e.